The van der Waals surface area contributed by atoms with E-state index in [4.69, 9.17) is 16.9 Å². The van der Waals surface area contributed by atoms with Crippen LogP contribution in [-0.4, -0.2) is 33.3 Å². The minimum absolute atomic E-state index is 0.0681. The average molecular weight is 411 g/mol. The molecule has 29 heavy (non-hydrogen) atoms. The number of carbonyl (C=O) groups excluding carboxylic acids is 1. The van der Waals surface area contributed by atoms with Gasteiger partial charge in [0.2, 0.25) is 5.91 Å². The molecule has 9 heteroatoms. The molecule has 0 aliphatic heterocycles. The first kappa shape index (κ1) is 20.0. The highest BCUT2D eigenvalue weighted by atomic mass is 35.5. The highest BCUT2D eigenvalue weighted by Gasteiger charge is 2.21. The van der Waals surface area contributed by atoms with Gasteiger partial charge in [-0.1, -0.05) is 35.9 Å². The molecule has 0 saturated heterocycles. The maximum Gasteiger partial charge on any atom is 0.357 e. The third-order valence-electron chi connectivity index (χ3n) is 4.22. The summed E-state index contributed by atoms with van der Waals surface area (Å²) in [5.74, 6) is -1.83. The Morgan fingerprint density at radius 3 is 2.55 bits per heavy atom. The number of rotatable bonds is 6. The van der Waals surface area contributed by atoms with Crippen LogP contribution in [0.1, 0.15) is 16.9 Å². The van der Waals surface area contributed by atoms with Crippen LogP contribution in [0.4, 0.5) is 5.69 Å². The van der Waals surface area contributed by atoms with Gasteiger partial charge in [-0.05, 0) is 24.3 Å². The number of carboxylic acids is 1. The summed E-state index contributed by atoms with van der Waals surface area (Å²) in [4.78, 5) is 38.5. The minimum atomic E-state index is -1.31. The van der Waals surface area contributed by atoms with Crippen molar-refractivity contribution in [1.82, 2.24) is 9.78 Å². The first-order valence-corrected chi connectivity index (χ1v) is 8.96. The lowest BCUT2D eigenvalue weighted by Gasteiger charge is -2.22. The third kappa shape index (κ3) is 4.25. The summed E-state index contributed by atoms with van der Waals surface area (Å²) in [6.45, 7) is -0.397. The molecule has 0 spiro atoms. The van der Waals surface area contributed by atoms with Crippen molar-refractivity contribution in [1.29, 1.82) is 5.26 Å². The number of aromatic carboxylic acids is 1. The van der Waals surface area contributed by atoms with Gasteiger partial charge in [-0.25, -0.2) is 9.48 Å². The molecule has 0 fully saturated rings. The van der Waals surface area contributed by atoms with Crippen molar-refractivity contribution in [3.05, 3.63) is 69.6 Å². The Kier molecular flexibility index (Phi) is 5.90. The van der Waals surface area contributed by atoms with E-state index in [0.29, 0.717) is 10.7 Å². The predicted molar refractivity (Wildman–Crippen MR) is 107 cm³/mol. The summed E-state index contributed by atoms with van der Waals surface area (Å²) in [7, 11) is 0. The van der Waals surface area contributed by atoms with Gasteiger partial charge < -0.3 is 10.0 Å². The van der Waals surface area contributed by atoms with E-state index in [1.165, 1.54) is 17.0 Å². The molecule has 0 aliphatic carbocycles. The Balaban J connectivity index is 2.03. The van der Waals surface area contributed by atoms with Crippen molar-refractivity contribution < 1.29 is 14.7 Å². The highest BCUT2D eigenvalue weighted by Crippen LogP contribution is 2.20. The Hall–Kier alpha value is -3.70. The molecular weight excluding hydrogens is 396 g/mol. The predicted octanol–water partition coefficient (Wildman–Crippen LogP) is 2.69. The molecule has 1 aromatic heterocycles. The number of aromatic nitrogens is 2. The summed E-state index contributed by atoms with van der Waals surface area (Å²) in [6, 6.07) is 14.7. The highest BCUT2D eigenvalue weighted by molar-refractivity contribution is 6.30. The molecule has 0 aliphatic rings. The molecule has 146 valence electrons. The number of hydrogen-bond donors (Lipinski definition) is 1. The van der Waals surface area contributed by atoms with Crippen molar-refractivity contribution in [2.75, 3.05) is 11.4 Å². The molecule has 0 radical (unpaired) electrons. The van der Waals surface area contributed by atoms with Crippen LogP contribution in [0.15, 0.2) is 53.3 Å². The average Bonchev–Trinajstić information content (AvgIpc) is 2.70. The van der Waals surface area contributed by atoms with Gasteiger partial charge in [0.15, 0.2) is 5.69 Å². The molecule has 0 atom stereocenters. The molecule has 0 saturated carbocycles. The van der Waals surface area contributed by atoms with E-state index in [2.05, 4.69) is 5.10 Å². The zero-order valence-electron chi connectivity index (χ0n) is 15.1. The van der Waals surface area contributed by atoms with Crippen LogP contribution in [0.3, 0.4) is 0 Å². The summed E-state index contributed by atoms with van der Waals surface area (Å²) in [5, 5.41) is 23.0. The normalized spacial score (nSPS) is 10.5. The fraction of sp³-hybridized carbons (Fsp3) is 0.150. The zero-order chi connectivity index (χ0) is 21.0. The van der Waals surface area contributed by atoms with E-state index < -0.39 is 24.0 Å². The number of anilines is 1. The van der Waals surface area contributed by atoms with Gasteiger partial charge in [-0.3, -0.25) is 9.59 Å². The maximum atomic E-state index is 12.9. The number of fused-ring (bicyclic) bond motifs is 1. The monoisotopic (exact) mass is 410 g/mol. The lowest BCUT2D eigenvalue weighted by atomic mass is 10.1. The van der Waals surface area contributed by atoms with Crippen LogP contribution < -0.4 is 10.5 Å². The van der Waals surface area contributed by atoms with Gasteiger partial charge in [0.25, 0.3) is 5.56 Å². The fourth-order valence-corrected chi connectivity index (χ4v) is 3.10. The summed E-state index contributed by atoms with van der Waals surface area (Å²) in [5.41, 5.74) is -0.436. The maximum absolute atomic E-state index is 12.9. The number of nitrogens with zero attached hydrogens (tertiary/aromatic N) is 4. The van der Waals surface area contributed by atoms with Crippen LogP contribution in [0.25, 0.3) is 10.8 Å². The Morgan fingerprint density at radius 2 is 1.90 bits per heavy atom. The van der Waals surface area contributed by atoms with Gasteiger partial charge in [-0.2, -0.15) is 10.4 Å². The lowest BCUT2D eigenvalue weighted by Crippen LogP contribution is -2.38. The number of nitriles is 1. The van der Waals surface area contributed by atoms with E-state index >= 15 is 0 Å². The molecule has 1 heterocycles. The number of halogens is 1. The molecular formula is C20H15ClN4O4. The van der Waals surface area contributed by atoms with Crippen molar-refractivity contribution in [2.45, 2.75) is 13.0 Å². The van der Waals surface area contributed by atoms with Gasteiger partial charge in [0.05, 0.1) is 17.9 Å². The standard InChI is InChI=1S/C20H15ClN4O4/c21-13-5-3-6-14(11-13)24(10-4-9-22)17(26)12-25-19(27)16-8-2-1-7-15(16)18(23-25)20(28)29/h1-3,5-8,11H,4,10,12H2,(H,28,29). The first-order valence-electron chi connectivity index (χ1n) is 8.58. The second-order valence-electron chi connectivity index (χ2n) is 6.10. The van der Waals surface area contributed by atoms with Gasteiger partial charge in [0, 0.05) is 22.6 Å². The van der Waals surface area contributed by atoms with Crippen LogP contribution >= 0.6 is 11.6 Å². The second-order valence-corrected chi connectivity index (χ2v) is 6.53. The molecule has 8 nitrogen and oxygen atoms in total. The first-order chi connectivity index (χ1) is 13.9. The van der Waals surface area contributed by atoms with E-state index in [9.17, 15) is 19.5 Å². The van der Waals surface area contributed by atoms with Crippen molar-refractivity contribution in [2.24, 2.45) is 0 Å². The third-order valence-corrected chi connectivity index (χ3v) is 4.46. The summed E-state index contributed by atoms with van der Waals surface area (Å²) >= 11 is 6.00. The van der Waals surface area contributed by atoms with E-state index in [1.54, 1.807) is 36.4 Å². The zero-order valence-corrected chi connectivity index (χ0v) is 15.8. The topological polar surface area (TPSA) is 116 Å². The van der Waals surface area contributed by atoms with Crippen LogP contribution in [0, 0.1) is 11.3 Å². The number of carboxylic acid groups (broad SMARTS) is 1. The fourth-order valence-electron chi connectivity index (χ4n) is 2.92. The van der Waals surface area contributed by atoms with E-state index in [-0.39, 0.29) is 29.4 Å². The minimum Gasteiger partial charge on any atom is -0.476 e. The van der Waals surface area contributed by atoms with Gasteiger partial charge >= 0.3 is 5.97 Å². The largest absolute Gasteiger partial charge is 0.476 e. The van der Waals surface area contributed by atoms with E-state index in [1.807, 2.05) is 6.07 Å². The number of hydrogen-bond acceptors (Lipinski definition) is 5. The summed E-state index contributed by atoms with van der Waals surface area (Å²) < 4.78 is 0.831. The Morgan fingerprint density at radius 1 is 1.17 bits per heavy atom. The molecule has 3 rings (SSSR count). The summed E-state index contributed by atoms with van der Waals surface area (Å²) in [6.07, 6.45) is 0.0681. The molecule has 3 aromatic rings. The number of amides is 1. The smallest absolute Gasteiger partial charge is 0.357 e. The quantitative estimate of drug-likeness (QED) is 0.667. The van der Waals surface area contributed by atoms with Crippen LogP contribution in [-0.2, 0) is 11.3 Å². The molecule has 0 bridgehead atoms. The van der Waals surface area contributed by atoms with Gasteiger partial charge in [-0.15, -0.1) is 0 Å². The number of carbonyl (C=O) groups is 2. The second kappa shape index (κ2) is 8.54. The van der Waals surface area contributed by atoms with Crippen molar-refractivity contribution in [3.8, 4) is 6.07 Å². The van der Waals surface area contributed by atoms with Crippen molar-refractivity contribution in [3.63, 3.8) is 0 Å². The molecule has 0 unspecified atom stereocenters. The molecule has 1 amide bonds. The lowest BCUT2D eigenvalue weighted by molar-refractivity contribution is -0.119. The van der Waals surface area contributed by atoms with E-state index in [0.717, 1.165) is 4.68 Å². The Bertz CT molecular complexity index is 1200. The van der Waals surface area contributed by atoms with Gasteiger partial charge in [0.1, 0.15) is 6.54 Å². The molecule has 2 aromatic carbocycles. The molecule has 1 N–H and O–H groups in total. The van der Waals surface area contributed by atoms with Crippen LogP contribution in [0.2, 0.25) is 5.02 Å². The van der Waals surface area contributed by atoms with Crippen molar-refractivity contribution >= 4 is 39.9 Å². The SMILES string of the molecule is N#CCCN(C(=O)Cn1nc(C(=O)O)c2ccccc2c1=O)c1cccc(Cl)c1. The van der Waals surface area contributed by atoms with Crippen LogP contribution in [0.5, 0.6) is 0 Å². The Labute approximate surface area is 170 Å². The number of benzene rings is 2.